The average Bonchev–Trinajstić information content (AvgIpc) is 3.26. The van der Waals surface area contributed by atoms with E-state index >= 15 is 0 Å². The van der Waals surface area contributed by atoms with Gasteiger partial charge >= 0.3 is 12.4 Å². The summed E-state index contributed by atoms with van der Waals surface area (Å²) < 4.78 is 80.1. The Balaban J connectivity index is 1.79. The molecule has 0 aliphatic carbocycles. The largest absolute Gasteiger partial charge is 0.416 e. The molecule has 0 saturated heterocycles. The molecule has 13 heteroatoms. The van der Waals surface area contributed by atoms with Gasteiger partial charge < -0.3 is 0 Å². The average molecular weight is 463 g/mol. The maximum Gasteiger partial charge on any atom is 0.416 e. The van der Waals surface area contributed by atoms with Crippen LogP contribution in [0.15, 0.2) is 61.6 Å². The molecule has 0 N–H and O–H groups in total. The van der Waals surface area contributed by atoms with Crippen LogP contribution in [-0.4, -0.2) is 34.9 Å². The summed E-state index contributed by atoms with van der Waals surface area (Å²) in [6.45, 7) is 0. The molecule has 3 heterocycles. The second-order valence-corrected chi connectivity index (χ2v) is 6.62. The van der Waals surface area contributed by atoms with Crippen LogP contribution >= 0.6 is 0 Å². The first-order valence-electron chi connectivity index (χ1n) is 9.07. The van der Waals surface area contributed by atoms with Crippen LogP contribution in [0.3, 0.4) is 0 Å². The van der Waals surface area contributed by atoms with Crippen LogP contribution in [0, 0.1) is 0 Å². The first-order valence-corrected chi connectivity index (χ1v) is 9.07. The minimum atomic E-state index is -4.98. The second-order valence-electron chi connectivity index (χ2n) is 6.62. The van der Waals surface area contributed by atoms with Crippen LogP contribution in [-0.2, 0) is 12.4 Å². The lowest BCUT2D eigenvalue weighted by Gasteiger charge is -2.13. The molecule has 0 atom stereocenters. The zero-order valence-electron chi connectivity index (χ0n) is 16.2. The Morgan fingerprint density at radius 3 is 2.15 bits per heavy atom. The number of benzene rings is 1. The third-order valence-corrected chi connectivity index (χ3v) is 4.34. The maximum absolute atomic E-state index is 13.2. The first-order chi connectivity index (χ1) is 15.6. The number of nitrogens with zero attached hydrogens (tertiary/aromatic N) is 7. The summed E-state index contributed by atoms with van der Waals surface area (Å²) in [7, 11) is 0. The Bertz CT molecular complexity index is 1210. The summed E-state index contributed by atoms with van der Waals surface area (Å²) in [5, 5.41) is 11.8. The highest BCUT2D eigenvalue weighted by atomic mass is 19.4. The lowest BCUT2D eigenvalue weighted by atomic mass is 10.0. The summed E-state index contributed by atoms with van der Waals surface area (Å²) in [5.74, 6) is -0.328. The van der Waals surface area contributed by atoms with E-state index in [0.717, 1.165) is 11.0 Å². The van der Waals surface area contributed by atoms with Gasteiger partial charge in [-0.15, -0.1) is 5.10 Å². The minimum Gasteiger partial charge on any atom is -0.244 e. The normalized spacial score (nSPS) is 12.7. The molecule has 0 unspecified atom stereocenters. The van der Waals surface area contributed by atoms with Crippen molar-refractivity contribution in [1.29, 1.82) is 0 Å². The molecule has 0 spiro atoms. The molecule has 4 aromatic rings. The van der Waals surface area contributed by atoms with E-state index in [1.165, 1.54) is 31.1 Å². The maximum atomic E-state index is 13.2. The van der Waals surface area contributed by atoms with E-state index in [-0.39, 0.29) is 11.9 Å². The van der Waals surface area contributed by atoms with Crippen molar-refractivity contribution in [3.8, 4) is 11.4 Å². The number of rotatable bonds is 4. The van der Waals surface area contributed by atoms with Crippen LogP contribution in [0.1, 0.15) is 22.4 Å². The van der Waals surface area contributed by atoms with Gasteiger partial charge in [0, 0.05) is 41.5 Å². The van der Waals surface area contributed by atoms with E-state index in [9.17, 15) is 26.3 Å². The van der Waals surface area contributed by atoms with Crippen molar-refractivity contribution in [1.82, 2.24) is 34.9 Å². The highest BCUT2D eigenvalue weighted by molar-refractivity contribution is 5.84. The van der Waals surface area contributed by atoms with E-state index in [2.05, 4.69) is 30.2 Å². The topological polar surface area (TPSA) is 82.3 Å². The highest BCUT2D eigenvalue weighted by Gasteiger charge is 2.37. The van der Waals surface area contributed by atoms with E-state index in [1.807, 2.05) is 0 Å². The minimum absolute atomic E-state index is 0.0436. The number of hydrogen-bond donors (Lipinski definition) is 0. The van der Waals surface area contributed by atoms with Crippen molar-refractivity contribution in [3.05, 3.63) is 84.0 Å². The number of hydrogen-bond acceptors (Lipinski definition) is 6. The standard InChI is InChI=1S/C20H11F6N7/c21-19(22,23)14-4-12(5-15(6-14)20(24,25)26)18-29-11-33(32-18)9-16(13-7-27-10-28-8-13)17-2-1-3-30-31-17/h1-11H/b16-9+. The molecule has 0 bridgehead atoms. The highest BCUT2D eigenvalue weighted by Crippen LogP contribution is 2.38. The predicted molar refractivity (Wildman–Crippen MR) is 103 cm³/mol. The van der Waals surface area contributed by atoms with Gasteiger partial charge in [-0.3, -0.25) is 0 Å². The lowest BCUT2D eigenvalue weighted by molar-refractivity contribution is -0.143. The molecule has 0 aliphatic heterocycles. The quantitative estimate of drug-likeness (QED) is 0.411. The van der Waals surface area contributed by atoms with Crippen molar-refractivity contribution in [2.75, 3.05) is 0 Å². The van der Waals surface area contributed by atoms with Crippen LogP contribution in [0.25, 0.3) is 23.2 Å². The SMILES string of the molecule is FC(F)(F)c1cc(-c2ncn(/C=C(\c3cncnc3)c3cccnn3)n2)cc(C(F)(F)F)c1. The van der Waals surface area contributed by atoms with E-state index < -0.39 is 29.0 Å². The van der Waals surface area contributed by atoms with Crippen LogP contribution < -0.4 is 0 Å². The number of aromatic nitrogens is 7. The molecule has 33 heavy (non-hydrogen) atoms. The van der Waals surface area contributed by atoms with Crippen molar-refractivity contribution in [3.63, 3.8) is 0 Å². The molecule has 0 amide bonds. The Morgan fingerprint density at radius 2 is 1.58 bits per heavy atom. The second kappa shape index (κ2) is 8.41. The van der Waals surface area contributed by atoms with Gasteiger partial charge in [-0.1, -0.05) is 0 Å². The smallest absolute Gasteiger partial charge is 0.244 e. The van der Waals surface area contributed by atoms with Gasteiger partial charge in [0.15, 0.2) is 5.82 Å². The molecule has 0 aliphatic rings. The van der Waals surface area contributed by atoms with Gasteiger partial charge in [-0.05, 0) is 30.3 Å². The summed E-state index contributed by atoms with van der Waals surface area (Å²) in [5.41, 5.74) is -1.98. The monoisotopic (exact) mass is 463 g/mol. The summed E-state index contributed by atoms with van der Waals surface area (Å²) in [6.07, 6.45) is -1.63. The van der Waals surface area contributed by atoms with Gasteiger partial charge in [0.1, 0.15) is 12.7 Å². The van der Waals surface area contributed by atoms with Crippen LogP contribution in [0.4, 0.5) is 26.3 Å². The first kappa shape index (κ1) is 22.0. The molecule has 0 radical (unpaired) electrons. The number of alkyl halides is 6. The summed E-state index contributed by atoms with van der Waals surface area (Å²) in [4.78, 5) is 11.7. The third-order valence-electron chi connectivity index (χ3n) is 4.34. The molecule has 0 fully saturated rings. The van der Waals surface area contributed by atoms with Crippen molar-refractivity contribution in [2.45, 2.75) is 12.4 Å². The molecule has 168 valence electrons. The van der Waals surface area contributed by atoms with Crippen molar-refractivity contribution >= 4 is 11.8 Å². The fourth-order valence-electron chi connectivity index (χ4n) is 2.86. The Labute approximate surface area is 181 Å². The summed E-state index contributed by atoms with van der Waals surface area (Å²) >= 11 is 0. The summed E-state index contributed by atoms with van der Waals surface area (Å²) in [6, 6.07) is 4.45. The van der Waals surface area contributed by atoms with Crippen molar-refractivity contribution < 1.29 is 26.3 Å². The molecular weight excluding hydrogens is 452 g/mol. The van der Waals surface area contributed by atoms with E-state index in [0.29, 0.717) is 29.0 Å². The van der Waals surface area contributed by atoms with E-state index in [1.54, 1.807) is 12.1 Å². The van der Waals surface area contributed by atoms with Crippen LogP contribution in [0.2, 0.25) is 0 Å². The van der Waals surface area contributed by atoms with Gasteiger partial charge in [0.05, 0.1) is 16.8 Å². The van der Waals surface area contributed by atoms with Crippen molar-refractivity contribution in [2.24, 2.45) is 0 Å². The Morgan fingerprint density at radius 1 is 0.909 bits per heavy atom. The molecular formula is C20H11F6N7. The molecule has 0 saturated carbocycles. The molecule has 7 nitrogen and oxygen atoms in total. The van der Waals surface area contributed by atoms with E-state index in [4.69, 9.17) is 0 Å². The molecule has 3 aromatic heterocycles. The van der Waals surface area contributed by atoms with Gasteiger partial charge in [0.2, 0.25) is 0 Å². The predicted octanol–water partition coefficient (Wildman–Crippen LogP) is 4.61. The van der Waals surface area contributed by atoms with Gasteiger partial charge in [0.25, 0.3) is 0 Å². The zero-order chi connectivity index (χ0) is 23.6. The fraction of sp³-hybridized carbons (Fsp3) is 0.100. The van der Waals surface area contributed by atoms with Gasteiger partial charge in [-0.25, -0.2) is 19.6 Å². The molecule has 1 aromatic carbocycles. The van der Waals surface area contributed by atoms with Crippen LogP contribution in [0.5, 0.6) is 0 Å². The lowest BCUT2D eigenvalue weighted by Crippen LogP contribution is -2.11. The fourth-order valence-corrected chi connectivity index (χ4v) is 2.86. The van der Waals surface area contributed by atoms with Gasteiger partial charge in [-0.2, -0.15) is 36.5 Å². The Kier molecular flexibility index (Phi) is 5.62. The number of halogens is 6. The Hall–Kier alpha value is -4.16. The molecule has 4 rings (SSSR count). The zero-order valence-corrected chi connectivity index (χ0v) is 16.2. The third kappa shape index (κ3) is 5.02.